The summed E-state index contributed by atoms with van der Waals surface area (Å²) in [7, 11) is 1.71. The second kappa shape index (κ2) is 5.10. The van der Waals surface area contributed by atoms with E-state index in [1.54, 1.807) is 19.1 Å². The summed E-state index contributed by atoms with van der Waals surface area (Å²) in [6.45, 7) is 3.57. The quantitative estimate of drug-likeness (QED) is 0.799. The molecule has 2 rings (SSSR count). The van der Waals surface area contributed by atoms with Gasteiger partial charge >= 0.3 is 0 Å². The van der Waals surface area contributed by atoms with Crippen molar-refractivity contribution in [2.45, 2.75) is 50.5 Å². The molecule has 1 aliphatic rings. The number of halogens is 1. The van der Waals surface area contributed by atoms with E-state index in [1.165, 1.54) is 12.8 Å². The van der Waals surface area contributed by atoms with E-state index in [2.05, 4.69) is 0 Å². The van der Waals surface area contributed by atoms with Gasteiger partial charge in [-0.25, -0.2) is 8.42 Å². The minimum absolute atomic E-state index is 0.167. The van der Waals surface area contributed by atoms with Crippen LogP contribution in [0.15, 0.2) is 17.0 Å². The highest BCUT2D eigenvalue weighted by Gasteiger charge is 2.20. The lowest BCUT2D eigenvalue weighted by Gasteiger charge is -2.16. The first kappa shape index (κ1) is 13.7. The van der Waals surface area contributed by atoms with E-state index in [1.807, 2.05) is 6.92 Å². The molecule has 3 nitrogen and oxygen atoms in total. The third kappa shape index (κ3) is 2.98. The van der Waals surface area contributed by atoms with Gasteiger partial charge in [-0.15, -0.1) is 0 Å². The van der Waals surface area contributed by atoms with Crippen LogP contribution in [0, 0.1) is 13.8 Å². The number of rotatable bonds is 3. The van der Waals surface area contributed by atoms with Crippen molar-refractivity contribution in [1.82, 2.24) is 0 Å². The van der Waals surface area contributed by atoms with Gasteiger partial charge < -0.3 is 4.74 Å². The Kier molecular flexibility index (Phi) is 3.87. The first-order valence-corrected chi connectivity index (χ1v) is 8.41. The lowest BCUT2D eigenvalue weighted by atomic mass is 10.1. The molecule has 1 saturated carbocycles. The molecule has 1 aromatic carbocycles. The van der Waals surface area contributed by atoms with E-state index in [4.69, 9.17) is 15.4 Å². The Hall–Kier alpha value is -0.740. The van der Waals surface area contributed by atoms with Gasteiger partial charge in [0.05, 0.1) is 11.0 Å². The molecule has 1 aliphatic carbocycles. The summed E-state index contributed by atoms with van der Waals surface area (Å²) in [5, 5.41) is 0. The maximum absolute atomic E-state index is 11.4. The van der Waals surface area contributed by atoms with Crippen LogP contribution in [0.2, 0.25) is 0 Å². The van der Waals surface area contributed by atoms with Crippen LogP contribution in [0.25, 0.3) is 0 Å². The van der Waals surface area contributed by atoms with Gasteiger partial charge in [-0.05, 0) is 62.8 Å². The molecule has 18 heavy (non-hydrogen) atoms. The Morgan fingerprint density at radius 3 is 2.33 bits per heavy atom. The molecule has 0 bridgehead atoms. The Labute approximate surface area is 113 Å². The molecule has 1 fully saturated rings. The van der Waals surface area contributed by atoms with Crippen molar-refractivity contribution < 1.29 is 13.2 Å². The van der Waals surface area contributed by atoms with Crippen molar-refractivity contribution in [3.63, 3.8) is 0 Å². The van der Waals surface area contributed by atoms with Crippen LogP contribution in [0.4, 0.5) is 0 Å². The maximum Gasteiger partial charge on any atom is 0.261 e. The van der Waals surface area contributed by atoms with E-state index in [0.29, 0.717) is 5.56 Å². The zero-order valence-electron chi connectivity index (χ0n) is 10.6. The average Bonchev–Trinajstić information content (AvgIpc) is 2.74. The second-order valence-electron chi connectivity index (χ2n) is 4.85. The van der Waals surface area contributed by atoms with Crippen LogP contribution >= 0.6 is 10.7 Å². The summed E-state index contributed by atoms with van der Waals surface area (Å²) in [5.74, 6) is 0.767. The number of benzene rings is 1. The highest BCUT2D eigenvalue weighted by atomic mass is 35.7. The van der Waals surface area contributed by atoms with E-state index in [0.717, 1.165) is 24.2 Å². The van der Waals surface area contributed by atoms with Gasteiger partial charge in [0.1, 0.15) is 5.75 Å². The number of hydrogen-bond donors (Lipinski definition) is 0. The van der Waals surface area contributed by atoms with Gasteiger partial charge in [-0.1, -0.05) is 0 Å². The van der Waals surface area contributed by atoms with Gasteiger partial charge in [0.15, 0.2) is 0 Å². The van der Waals surface area contributed by atoms with Crippen LogP contribution in [0.3, 0.4) is 0 Å². The summed E-state index contributed by atoms with van der Waals surface area (Å²) < 4.78 is 28.7. The van der Waals surface area contributed by atoms with Crippen LogP contribution < -0.4 is 4.74 Å². The molecule has 0 N–H and O–H groups in total. The highest BCUT2D eigenvalue weighted by molar-refractivity contribution is 8.13. The number of hydrogen-bond acceptors (Lipinski definition) is 3. The van der Waals surface area contributed by atoms with Gasteiger partial charge in [0, 0.05) is 10.7 Å². The first-order chi connectivity index (χ1) is 8.38. The van der Waals surface area contributed by atoms with Crippen LogP contribution in [0.5, 0.6) is 5.75 Å². The third-order valence-electron chi connectivity index (χ3n) is 3.33. The molecule has 0 amide bonds. The fourth-order valence-corrected chi connectivity index (χ4v) is 3.60. The molecule has 5 heteroatoms. The Bertz CT molecular complexity index is 546. The standard InChI is InChI=1S/C13H17ClO3S/c1-9-8-13(18(14,15)16)10(2)7-12(9)17-11-5-3-4-6-11/h7-8,11H,3-6H2,1-2H3. The molecular formula is C13H17ClO3S. The minimum atomic E-state index is -3.68. The van der Waals surface area contributed by atoms with Crippen molar-refractivity contribution in [2.75, 3.05) is 0 Å². The molecule has 0 radical (unpaired) electrons. The van der Waals surface area contributed by atoms with Crippen molar-refractivity contribution in [3.8, 4) is 5.75 Å². The Morgan fingerprint density at radius 2 is 1.78 bits per heavy atom. The molecule has 0 atom stereocenters. The maximum atomic E-state index is 11.4. The van der Waals surface area contributed by atoms with E-state index >= 15 is 0 Å². The third-order valence-corrected chi connectivity index (χ3v) is 4.79. The lowest BCUT2D eigenvalue weighted by Crippen LogP contribution is -2.12. The molecular weight excluding hydrogens is 272 g/mol. The minimum Gasteiger partial charge on any atom is -0.490 e. The molecule has 0 aliphatic heterocycles. The lowest BCUT2D eigenvalue weighted by molar-refractivity contribution is 0.208. The smallest absolute Gasteiger partial charge is 0.261 e. The van der Waals surface area contributed by atoms with Crippen LogP contribution in [-0.2, 0) is 9.05 Å². The molecule has 100 valence electrons. The summed E-state index contributed by atoms with van der Waals surface area (Å²) in [6.07, 6.45) is 4.83. The largest absolute Gasteiger partial charge is 0.490 e. The first-order valence-electron chi connectivity index (χ1n) is 6.10. The van der Waals surface area contributed by atoms with E-state index in [-0.39, 0.29) is 11.0 Å². The Morgan fingerprint density at radius 1 is 1.17 bits per heavy atom. The van der Waals surface area contributed by atoms with Crippen molar-refractivity contribution in [3.05, 3.63) is 23.3 Å². The predicted octanol–water partition coefficient (Wildman–Crippen LogP) is 3.55. The zero-order chi connectivity index (χ0) is 13.3. The fourth-order valence-electron chi connectivity index (χ4n) is 2.34. The average molecular weight is 289 g/mol. The number of aryl methyl sites for hydroxylation is 2. The van der Waals surface area contributed by atoms with Gasteiger partial charge in [0.2, 0.25) is 0 Å². The molecule has 0 heterocycles. The van der Waals surface area contributed by atoms with Crippen molar-refractivity contribution >= 4 is 19.7 Å². The SMILES string of the molecule is Cc1cc(S(=O)(=O)Cl)c(C)cc1OC1CCCC1. The van der Waals surface area contributed by atoms with Crippen LogP contribution in [-0.4, -0.2) is 14.5 Å². The van der Waals surface area contributed by atoms with E-state index < -0.39 is 9.05 Å². The highest BCUT2D eigenvalue weighted by Crippen LogP contribution is 2.31. The normalized spacial score (nSPS) is 17.1. The van der Waals surface area contributed by atoms with Crippen molar-refractivity contribution in [1.29, 1.82) is 0 Å². The molecule has 1 aromatic rings. The van der Waals surface area contributed by atoms with Crippen LogP contribution in [0.1, 0.15) is 36.8 Å². The number of ether oxygens (including phenoxy) is 1. The summed E-state index contributed by atoms with van der Waals surface area (Å²) in [4.78, 5) is 0.167. The summed E-state index contributed by atoms with van der Waals surface area (Å²) in [6, 6.07) is 3.35. The predicted molar refractivity (Wildman–Crippen MR) is 71.8 cm³/mol. The topological polar surface area (TPSA) is 43.4 Å². The zero-order valence-corrected chi connectivity index (χ0v) is 12.1. The van der Waals surface area contributed by atoms with Crippen molar-refractivity contribution in [2.24, 2.45) is 0 Å². The molecule has 0 unspecified atom stereocenters. The van der Waals surface area contributed by atoms with E-state index in [9.17, 15) is 8.42 Å². The van der Waals surface area contributed by atoms with Gasteiger partial charge in [-0.2, -0.15) is 0 Å². The fraction of sp³-hybridized carbons (Fsp3) is 0.538. The molecule has 0 saturated heterocycles. The molecule has 0 aromatic heterocycles. The van der Waals surface area contributed by atoms with Gasteiger partial charge in [-0.3, -0.25) is 0 Å². The monoisotopic (exact) mass is 288 g/mol. The Balaban J connectivity index is 2.30. The summed E-state index contributed by atoms with van der Waals surface area (Å²) in [5.41, 5.74) is 1.44. The molecule has 0 spiro atoms. The van der Waals surface area contributed by atoms with Gasteiger partial charge in [0.25, 0.3) is 9.05 Å². The summed E-state index contributed by atoms with van der Waals surface area (Å²) >= 11 is 0. The second-order valence-corrected chi connectivity index (χ2v) is 7.38.